The SMILES string of the molecule is Cc1cc(CN2CCC(N(C)c3ccncn3)CC2)no1. The number of anilines is 1. The van der Waals surface area contributed by atoms with E-state index in [0.717, 1.165) is 49.7 Å². The Morgan fingerprint density at radius 1 is 1.38 bits per heavy atom. The maximum atomic E-state index is 5.12. The van der Waals surface area contributed by atoms with E-state index in [1.165, 1.54) is 0 Å². The number of rotatable bonds is 4. The van der Waals surface area contributed by atoms with E-state index >= 15 is 0 Å². The zero-order chi connectivity index (χ0) is 14.7. The fraction of sp³-hybridized carbons (Fsp3) is 0.533. The minimum Gasteiger partial charge on any atom is -0.361 e. The third-order valence-electron chi connectivity index (χ3n) is 4.09. The van der Waals surface area contributed by atoms with Gasteiger partial charge in [0.2, 0.25) is 0 Å². The van der Waals surface area contributed by atoms with E-state index in [4.69, 9.17) is 4.52 Å². The summed E-state index contributed by atoms with van der Waals surface area (Å²) in [6, 6.07) is 4.51. The Morgan fingerprint density at radius 2 is 2.19 bits per heavy atom. The summed E-state index contributed by atoms with van der Waals surface area (Å²) in [6.07, 6.45) is 5.67. The Balaban J connectivity index is 1.53. The van der Waals surface area contributed by atoms with Crippen LogP contribution in [0.25, 0.3) is 0 Å². The van der Waals surface area contributed by atoms with Crippen LogP contribution in [-0.2, 0) is 6.54 Å². The van der Waals surface area contributed by atoms with Crippen LogP contribution in [0.3, 0.4) is 0 Å². The normalized spacial score (nSPS) is 17.0. The van der Waals surface area contributed by atoms with Crippen molar-refractivity contribution in [3.05, 3.63) is 36.1 Å². The molecule has 0 aromatic carbocycles. The zero-order valence-electron chi connectivity index (χ0n) is 12.6. The zero-order valence-corrected chi connectivity index (χ0v) is 12.6. The molecule has 21 heavy (non-hydrogen) atoms. The highest BCUT2D eigenvalue weighted by Gasteiger charge is 2.23. The lowest BCUT2D eigenvalue weighted by atomic mass is 10.0. The maximum Gasteiger partial charge on any atom is 0.133 e. The molecule has 0 amide bonds. The summed E-state index contributed by atoms with van der Waals surface area (Å²) in [5, 5.41) is 4.07. The molecule has 2 aromatic heterocycles. The number of hydrogen-bond donors (Lipinski definition) is 0. The van der Waals surface area contributed by atoms with E-state index in [2.05, 4.69) is 32.0 Å². The standard InChI is InChI=1S/C15H21N5O/c1-12-9-13(18-21-12)10-20-7-4-14(5-8-20)19(2)15-3-6-16-11-17-15/h3,6,9,11,14H,4-5,7-8,10H2,1-2H3. The van der Waals surface area contributed by atoms with Crippen molar-refractivity contribution in [2.75, 3.05) is 25.0 Å². The molecule has 0 unspecified atom stereocenters. The first-order chi connectivity index (χ1) is 10.2. The van der Waals surface area contributed by atoms with Gasteiger partial charge in [-0.2, -0.15) is 0 Å². The molecule has 0 bridgehead atoms. The van der Waals surface area contributed by atoms with Gasteiger partial charge in [-0.1, -0.05) is 5.16 Å². The van der Waals surface area contributed by atoms with Crippen LogP contribution >= 0.6 is 0 Å². The summed E-state index contributed by atoms with van der Waals surface area (Å²) < 4.78 is 5.12. The molecule has 0 radical (unpaired) electrons. The average molecular weight is 287 g/mol. The van der Waals surface area contributed by atoms with Crippen LogP contribution in [0.2, 0.25) is 0 Å². The van der Waals surface area contributed by atoms with E-state index < -0.39 is 0 Å². The molecule has 3 heterocycles. The highest BCUT2D eigenvalue weighted by molar-refractivity contribution is 5.36. The van der Waals surface area contributed by atoms with Crippen molar-refractivity contribution in [1.82, 2.24) is 20.0 Å². The molecule has 0 spiro atoms. The lowest BCUT2D eigenvalue weighted by Gasteiger charge is -2.36. The van der Waals surface area contributed by atoms with E-state index in [9.17, 15) is 0 Å². The molecule has 0 aliphatic carbocycles. The van der Waals surface area contributed by atoms with E-state index in [1.807, 2.05) is 19.1 Å². The van der Waals surface area contributed by atoms with E-state index in [1.54, 1.807) is 12.5 Å². The Morgan fingerprint density at radius 3 is 2.81 bits per heavy atom. The summed E-state index contributed by atoms with van der Waals surface area (Å²) in [4.78, 5) is 13.0. The van der Waals surface area contributed by atoms with Gasteiger partial charge < -0.3 is 9.42 Å². The lowest BCUT2D eigenvalue weighted by Crippen LogP contribution is -2.43. The minimum atomic E-state index is 0.537. The molecule has 1 saturated heterocycles. The summed E-state index contributed by atoms with van der Waals surface area (Å²) >= 11 is 0. The maximum absolute atomic E-state index is 5.12. The fourth-order valence-electron chi connectivity index (χ4n) is 2.87. The van der Waals surface area contributed by atoms with Crippen molar-refractivity contribution in [2.45, 2.75) is 32.4 Å². The highest BCUT2D eigenvalue weighted by Crippen LogP contribution is 2.21. The van der Waals surface area contributed by atoms with Gasteiger partial charge in [-0.25, -0.2) is 9.97 Å². The van der Waals surface area contributed by atoms with Crippen molar-refractivity contribution >= 4 is 5.82 Å². The monoisotopic (exact) mass is 287 g/mol. The third kappa shape index (κ3) is 3.39. The van der Waals surface area contributed by atoms with E-state index in [0.29, 0.717) is 6.04 Å². The van der Waals surface area contributed by atoms with Gasteiger partial charge in [0, 0.05) is 45.0 Å². The molecule has 6 heteroatoms. The number of piperidine rings is 1. The summed E-state index contributed by atoms with van der Waals surface area (Å²) in [6.45, 7) is 4.96. The smallest absolute Gasteiger partial charge is 0.133 e. The van der Waals surface area contributed by atoms with Gasteiger partial charge >= 0.3 is 0 Å². The molecule has 1 aliphatic rings. The van der Waals surface area contributed by atoms with Crippen molar-refractivity contribution in [3.63, 3.8) is 0 Å². The van der Waals surface area contributed by atoms with Gasteiger partial charge in [0.25, 0.3) is 0 Å². The molecule has 6 nitrogen and oxygen atoms in total. The first kappa shape index (κ1) is 14.0. The Hall–Kier alpha value is -1.95. The van der Waals surface area contributed by atoms with E-state index in [-0.39, 0.29) is 0 Å². The summed E-state index contributed by atoms with van der Waals surface area (Å²) in [5.41, 5.74) is 1.02. The molecular formula is C15H21N5O. The van der Waals surface area contributed by atoms with Gasteiger partial charge in [0.15, 0.2) is 0 Å². The van der Waals surface area contributed by atoms with Crippen LogP contribution in [0, 0.1) is 6.92 Å². The molecule has 0 atom stereocenters. The van der Waals surface area contributed by atoms with Crippen LogP contribution in [0.15, 0.2) is 29.2 Å². The van der Waals surface area contributed by atoms with Crippen molar-refractivity contribution in [2.24, 2.45) is 0 Å². The topological polar surface area (TPSA) is 58.3 Å². The Kier molecular flexibility index (Phi) is 4.15. The summed E-state index contributed by atoms with van der Waals surface area (Å²) in [5.74, 6) is 1.87. The largest absolute Gasteiger partial charge is 0.361 e. The predicted molar refractivity (Wildman–Crippen MR) is 80.0 cm³/mol. The molecule has 1 fully saturated rings. The van der Waals surface area contributed by atoms with Crippen LogP contribution in [0.5, 0.6) is 0 Å². The van der Waals surface area contributed by atoms with Crippen LogP contribution < -0.4 is 4.90 Å². The Bertz CT molecular complexity index is 562. The first-order valence-corrected chi connectivity index (χ1v) is 7.36. The lowest BCUT2D eigenvalue weighted by molar-refractivity contribution is 0.198. The molecular weight excluding hydrogens is 266 g/mol. The second kappa shape index (κ2) is 6.22. The van der Waals surface area contributed by atoms with Crippen molar-refractivity contribution < 1.29 is 4.52 Å². The van der Waals surface area contributed by atoms with Gasteiger partial charge in [-0.15, -0.1) is 0 Å². The van der Waals surface area contributed by atoms with Gasteiger partial charge in [-0.3, -0.25) is 4.90 Å². The first-order valence-electron chi connectivity index (χ1n) is 7.36. The van der Waals surface area contributed by atoms with Crippen LogP contribution in [0.4, 0.5) is 5.82 Å². The minimum absolute atomic E-state index is 0.537. The molecule has 0 N–H and O–H groups in total. The Labute approximate surface area is 124 Å². The van der Waals surface area contributed by atoms with Crippen LogP contribution in [-0.4, -0.2) is 46.2 Å². The number of aromatic nitrogens is 3. The molecule has 3 rings (SSSR count). The van der Waals surface area contributed by atoms with Gasteiger partial charge in [0.05, 0.1) is 5.69 Å². The quantitative estimate of drug-likeness (QED) is 0.855. The molecule has 2 aromatic rings. The number of aryl methyl sites for hydroxylation is 1. The third-order valence-corrected chi connectivity index (χ3v) is 4.09. The second-order valence-corrected chi connectivity index (χ2v) is 5.61. The van der Waals surface area contributed by atoms with Gasteiger partial charge in [-0.05, 0) is 25.8 Å². The number of likely N-dealkylation sites (tertiary alicyclic amines) is 1. The summed E-state index contributed by atoms with van der Waals surface area (Å²) in [7, 11) is 2.11. The highest BCUT2D eigenvalue weighted by atomic mass is 16.5. The van der Waals surface area contributed by atoms with Crippen LogP contribution in [0.1, 0.15) is 24.3 Å². The number of hydrogen-bond acceptors (Lipinski definition) is 6. The van der Waals surface area contributed by atoms with Gasteiger partial charge in [0.1, 0.15) is 17.9 Å². The molecule has 0 saturated carbocycles. The fourth-order valence-corrected chi connectivity index (χ4v) is 2.87. The van der Waals surface area contributed by atoms with Crippen molar-refractivity contribution in [1.29, 1.82) is 0 Å². The average Bonchev–Trinajstić information content (AvgIpc) is 2.93. The van der Waals surface area contributed by atoms with Crippen molar-refractivity contribution in [3.8, 4) is 0 Å². The predicted octanol–water partition coefficient (Wildman–Crippen LogP) is 1.87. The second-order valence-electron chi connectivity index (χ2n) is 5.61. The molecule has 112 valence electrons. The number of nitrogens with zero attached hydrogens (tertiary/aromatic N) is 5. The molecule has 1 aliphatic heterocycles.